The van der Waals surface area contributed by atoms with Crippen molar-refractivity contribution in [2.24, 2.45) is 11.7 Å². The predicted octanol–water partition coefficient (Wildman–Crippen LogP) is 1.70. The first-order valence-electron chi connectivity index (χ1n) is 5.02. The third-order valence-electron chi connectivity index (χ3n) is 2.46. The molecule has 2 heteroatoms. The van der Waals surface area contributed by atoms with Crippen molar-refractivity contribution in [2.45, 2.75) is 39.7 Å². The van der Waals surface area contributed by atoms with Gasteiger partial charge in [-0.3, -0.25) is 0 Å². The number of hydrogen-bond donors (Lipinski definition) is 1. The van der Waals surface area contributed by atoms with E-state index < -0.39 is 0 Å². The molecule has 74 valence electrons. The summed E-state index contributed by atoms with van der Waals surface area (Å²) in [5.41, 5.74) is 5.57. The van der Waals surface area contributed by atoms with Gasteiger partial charge in [0.25, 0.3) is 0 Å². The van der Waals surface area contributed by atoms with Gasteiger partial charge in [0.1, 0.15) is 0 Å². The predicted molar refractivity (Wildman–Crippen MR) is 55.2 cm³/mol. The Morgan fingerprint density at radius 2 is 1.92 bits per heavy atom. The normalized spacial score (nSPS) is 16.5. The van der Waals surface area contributed by atoms with Crippen LogP contribution >= 0.6 is 0 Å². The number of nitrogens with two attached hydrogens (primary N) is 1. The Morgan fingerprint density at radius 3 is 2.33 bits per heavy atom. The summed E-state index contributed by atoms with van der Waals surface area (Å²) in [5.74, 6) is 0.620. The molecule has 2 N–H and O–H groups in total. The lowest BCUT2D eigenvalue weighted by Gasteiger charge is -2.26. The Bertz CT molecular complexity index is 104. The third kappa shape index (κ3) is 4.73. The molecule has 2 unspecified atom stereocenters. The minimum atomic E-state index is 0.620. The van der Waals surface area contributed by atoms with Crippen molar-refractivity contribution in [3.05, 3.63) is 0 Å². The molecule has 0 aliphatic carbocycles. The minimum Gasteiger partial charge on any atom is -0.330 e. The first kappa shape index (κ1) is 11.9. The highest BCUT2D eigenvalue weighted by Gasteiger charge is 2.10. The van der Waals surface area contributed by atoms with Crippen molar-refractivity contribution < 1.29 is 0 Å². The van der Waals surface area contributed by atoms with E-state index in [2.05, 4.69) is 32.7 Å². The van der Waals surface area contributed by atoms with E-state index >= 15 is 0 Å². The van der Waals surface area contributed by atoms with Crippen LogP contribution in [-0.4, -0.2) is 31.1 Å². The highest BCUT2D eigenvalue weighted by atomic mass is 15.1. The van der Waals surface area contributed by atoms with Gasteiger partial charge in [-0.15, -0.1) is 0 Å². The molecular formula is C10H24N2. The first-order chi connectivity index (χ1) is 5.61. The van der Waals surface area contributed by atoms with Crippen LogP contribution in [0.25, 0.3) is 0 Å². The zero-order valence-electron chi connectivity index (χ0n) is 9.01. The molecule has 0 fully saturated rings. The van der Waals surface area contributed by atoms with Crippen LogP contribution in [0.5, 0.6) is 0 Å². The Kier molecular flexibility index (Phi) is 6.39. The molecular weight excluding hydrogens is 148 g/mol. The zero-order valence-corrected chi connectivity index (χ0v) is 9.01. The van der Waals surface area contributed by atoms with Gasteiger partial charge in [0.2, 0.25) is 0 Å². The Balaban J connectivity index is 3.62. The fraction of sp³-hybridized carbons (Fsp3) is 1.00. The second kappa shape index (κ2) is 6.44. The fourth-order valence-corrected chi connectivity index (χ4v) is 1.38. The summed E-state index contributed by atoms with van der Waals surface area (Å²) in [4.78, 5) is 2.40. The summed E-state index contributed by atoms with van der Waals surface area (Å²) < 4.78 is 0. The van der Waals surface area contributed by atoms with Crippen LogP contribution in [0.4, 0.5) is 0 Å². The second-order valence-corrected chi connectivity index (χ2v) is 3.92. The van der Waals surface area contributed by atoms with Crippen LogP contribution in [-0.2, 0) is 0 Å². The summed E-state index contributed by atoms with van der Waals surface area (Å²) >= 11 is 0. The summed E-state index contributed by atoms with van der Waals surface area (Å²) in [7, 11) is 2.19. The van der Waals surface area contributed by atoms with Crippen molar-refractivity contribution in [2.75, 3.05) is 20.1 Å². The highest BCUT2D eigenvalue weighted by Crippen LogP contribution is 2.06. The summed E-state index contributed by atoms with van der Waals surface area (Å²) in [6.07, 6.45) is 2.55. The van der Waals surface area contributed by atoms with E-state index in [4.69, 9.17) is 5.73 Å². The molecule has 0 bridgehead atoms. The van der Waals surface area contributed by atoms with Crippen LogP contribution < -0.4 is 5.73 Å². The summed E-state index contributed by atoms with van der Waals surface area (Å²) in [5, 5.41) is 0. The van der Waals surface area contributed by atoms with Gasteiger partial charge in [-0.05, 0) is 32.9 Å². The van der Waals surface area contributed by atoms with E-state index in [9.17, 15) is 0 Å². The lowest BCUT2D eigenvalue weighted by atomic mass is 10.1. The van der Waals surface area contributed by atoms with Crippen molar-refractivity contribution in [1.82, 2.24) is 4.90 Å². The SMILES string of the molecule is CCCC(C)N(C)CC(C)CN. The molecule has 0 spiro atoms. The minimum absolute atomic E-state index is 0.620. The van der Waals surface area contributed by atoms with E-state index in [0.717, 1.165) is 13.1 Å². The molecule has 0 heterocycles. The molecule has 0 rings (SSSR count). The number of nitrogens with zero attached hydrogens (tertiary/aromatic N) is 1. The lowest BCUT2D eigenvalue weighted by molar-refractivity contribution is 0.216. The van der Waals surface area contributed by atoms with Gasteiger partial charge in [0.15, 0.2) is 0 Å². The fourth-order valence-electron chi connectivity index (χ4n) is 1.38. The molecule has 0 aromatic carbocycles. The van der Waals surface area contributed by atoms with Gasteiger partial charge >= 0.3 is 0 Å². The molecule has 2 nitrogen and oxygen atoms in total. The average Bonchev–Trinajstić information content (AvgIpc) is 2.04. The van der Waals surface area contributed by atoms with Gasteiger partial charge in [0, 0.05) is 12.6 Å². The zero-order chi connectivity index (χ0) is 9.56. The van der Waals surface area contributed by atoms with Gasteiger partial charge in [0.05, 0.1) is 0 Å². The van der Waals surface area contributed by atoms with E-state index in [0.29, 0.717) is 12.0 Å². The molecule has 0 saturated heterocycles. The van der Waals surface area contributed by atoms with Crippen molar-refractivity contribution in [3.8, 4) is 0 Å². The number of hydrogen-bond acceptors (Lipinski definition) is 2. The molecule has 0 aliphatic heterocycles. The van der Waals surface area contributed by atoms with Crippen LogP contribution in [0, 0.1) is 5.92 Å². The van der Waals surface area contributed by atoms with Crippen LogP contribution in [0.3, 0.4) is 0 Å². The molecule has 0 saturated carbocycles. The van der Waals surface area contributed by atoms with Crippen LogP contribution in [0.1, 0.15) is 33.6 Å². The van der Waals surface area contributed by atoms with E-state index in [1.165, 1.54) is 12.8 Å². The third-order valence-corrected chi connectivity index (χ3v) is 2.46. The second-order valence-electron chi connectivity index (χ2n) is 3.92. The van der Waals surface area contributed by atoms with Gasteiger partial charge in [-0.25, -0.2) is 0 Å². The van der Waals surface area contributed by atoms with Gasteiger partial charge in [-0.1, -0.05) is 20.3 Å². The molecule has 0 aromatic rings. The van der Waals surface area contributed by atoms with E-state index in [-0.39, 0.29) is 0 Å². The number of rotatable bonds is 6. The molecule has 0 aromatic heterocycles. The first-order valence-corrected chi connectivity index (χ1v) is 5.02. The highest BCUT2D eigenvalue weighted by molar-refractivity contribution is 4.65. The maximum Gasteiger partial charge on any atom is 0.00639 e. The molecule has 0 amide bonds. The van der Waals surface area contributed by atoms with Crippen molar-refractivity contribution >= 4 is 0 Å². The maximum absolute atomic E-state index is 5.57. The quantitative estimate of drug-likeness (QED) is 0.661. The molecule has 0 radical (unpaired) electrons. The lowest BCUT2D eigenvalue weighted by Crippen LogP contribution is -2.34. The summed E-state index contributed by atoms with van der Waals surface area (Å²) in [6.45, 7) is 8.64. The Morgan fingerprint density at radius 1 is 1.33 bits per heavy atom. The van der Waals surface area contributed by atoms with Crippen LogP contribution in [0.15, 0.2) is 0 Å². The smallest absolute Gasteiger partial charge is 0.00639 e. The van der Waals surface area contributed by atoms with Crippen molar-refractivity contribution in [1.29, 1.82) is 0 Å². The monoisotopic (exact) mass is 172 g/mol. The van der Waals surface area contributed by atoms with Crippen molar-refractivity contribution in [3.63, 3.8) is 0 Å². The summed E-state index contributed by atoms with van der Waals surface area (Å²) in [6, 6.07) is 0.698. The largest absolute Gasteiger partial charge is 0.330 e. The average molecular weight is 172 g/mol. The van der Waals surface area contributed by atoms with Gasteiger partial charge in [-0.2, -0.15) is 0 Å². The Labute approximate surface area is 77.1 Å². The maximum atomic E-state index is 5.57. The Hall–Kier alpha value is -0.0800. The standard InChI is InChI=1S/C10H24N2/c1-5-6-10(3)12(4)8-9(2)7-11/h9-10H,5-8,11H2,1-4H3. The molecule has 2 atom stereocenters. The molecule has 0 aliphatic rings. The topological polar surface area (TPSA) is 29.3 Å². The van der Waals surface area contributed by atoms with Crippen LogP contribution in [0.2, 0.25) is 0 Å². The van der Waals surface area contributed by atoms with Gasteiger partial charge < -0.3 is 10.6 Å². The van der Waals surface area contributed by atoms with E-state index in [1.54, 1.807) is 0 Å². The van der Waals surface area contributed by atoms with E-state index in [1.807, 2.05) is 0 Å². The molecule has 12 heavy (non-hydrogen) atoms.